The molecule has 0 bridgehead atoms. The van der Waals surface area contributed by atoms with Crippen LogP contribution >= 0.6 is 0 Å². The molecular formula is C26H26BF3O2. The van der Waals surface area contributed by atoms with Crippen LogP contribution in [0.2, 0.25) is 0 Å². The Balaban J connectivity index is 1.52. The van der Waals surface area contributed by atoms with Crippen molar-refractivity contribution in [3.8, 4) is 22.3 Å². The lowest BCUT2D eigenvalue weighted by Gasteiger charge is -2.29. The first-order valence-electron chi connectivity index (χ1n) is 11.1. The molecule has 0 aliphatic carbocycles. The molecule has 32 heavy (non-hydrogen) atoms. The van der Waals surface area contributed by atoms with Crippen LogP contribution in [0.4, 0.5) is 13.2 Å². The largest absolute Gasteiger partial charge is 0.352 e. The first kappa shape index (κ1) is 22.6. The third-order valence-electron chi connectivity index (χ3n) is 6.00. The molecule has 1 fully saturated rings. The van der Waals surface area contributed by atoms with E-state index in [2.05, 4.69) is 6.92 Å². The highest BCUT2D eigenvalue weighted by molar-refractivity contribution is 6.08. The summed E-state index contributed by atoms with van der Waals surface area (Å²) in [6.45, 7) is 2.95. The van der Waals surface area contributed by atoms with Crippen molar-refractivity contribution in [2.24, 2.45) is 0 Å². The second-order valence-electron chi connectivity index (χ2n) is 8.15. The first-order valence-corrected chi connectivity index (χ1v) is 11.1. The molecule has 0 amide bonds. The second-order valence-corrected chi connectivity index (χ2v) is 8.15. The van der Waals surface area contributed by atoms with E-state index < -0.39 is 11.6 Å². The van der Waals surface area contributed by atoms with Crippen LogP contribution in [0, 0.1) is 17.5 Å². The third kappa shape index (κ3) is 4.62. The number of halogens is 3. The number of benzene rings is 3. The molecule has 1 aliphatic heterocycles. The van der Waals surface area contributed by atoms with Crippen molar-refractivity contribution in [3.05, 3.63) is 83.2 Å². The van der Waals surface area contributed by atoms with Crippen LogP contribution in [0.3, 0.4) is 0 Å². The maximum Gasteiger partial charge on any atom is 0.166 e. The minimum absolute atomic E-state index is 0.136. The van der Waals surface area contributed by atoms with Gasteiger partial charge in [0.1, 0.15) is 13.7 Å². The standard InChI is InChI=1S/C26H26BF3O2/c1-2-3-24-31-14-20(15-32-24)21-10-8-18(12-23(21)28)16-4-6-17(7-5-16)22-11-9-19(13-27)25(29)26(22)30/h4-12,20,24H,2-3,13-15,27H2,1H3. The van der Waals surface area contributed by atoms with Gasteiger partial charge in [0.15, 0.2) is 17.9 Å². The Labute approximate surface area is 187 Å². The highest BCUT2D eigenvalue weighted by Gasteiger charge is 2.25. The minimum Gasteiger partial charge on any atom is -0.352 e. The fraction of sp³-hybridized carbons (Fsp3) is 0.308. The summed E-state index contributed by atoms with van der Waals surface area (Å²) in [5, 5.41) is 0. The van der Waals surface area contributed by atoms with Crippen molar-refractivity contribution in [2.45, 2.75) is 38.3 Å². The Kier molecular flexibility index (Phi) is 7.02. The summed E-state index contributed by atoms with van der Waals surface area (Å²) in [4.78, 5) is 0. The Morgan fingerprint density at radius 1 is 0.844 bits per heavy atom. The summed E-state index contributed by atoms with van der Waals surface area (Å²) in [5.74, 6) is -2.08. The average molecular weight is 438 g/mol. The highest BCUT2D eigenvalue weighted by atomic mass is 19.2. The van der Waals surface area contributed by atoms with Crippen molar-refractivity contribution < 1.29 is 22.6 Å². The summed E-state index contributed by atoms with van der Waals surface area (Å²) in [7, 11) is 1.79. The van der Waals surface area contributed by atoms with Gasteiger partial charge in [0.25, 0.3) is 0 Å². The summed E-state index contributed by atoms with van der Waals surface area (Å²) >= 11 is 0. The fourth-order valence-electron chi connectivity index (χ4n) is 4.09. The normalized spacial score (nSPS) is 18.6. The van der Waals surface area contributed by atoms with Crippen LogP contribution in [0.25, 0.3) is 22.3 Å². The topological polar surface area (TPSA) is 18.5 Å². The molecular weight excluding hydrogens is 412 g/mol. The highest BCUT2D eigenvalue weighted by Crippen LogP contribution is 2.32. The zero-order valence-corrected chi connectivity index (χ0v) is 18.3. The summed E-state index contributed by atoms with van der Waals surface area (Å²) in [5.41, 5.74) is 3.23. The molecule has 1 aliphatic rings. The summed E-state index contributed by atoms with van der Waals surface area (Å²) < 4.78 is 54.9. The van der Waals surface area contributed by atoms with Gasteiger partial charge in [-0.1, -0.05) is 68.2 Å². The van der Waals surface area contributed by atoms with E-state index in [1.54, 1.807) is 50.3 Å². The van der Waals surface area contributed by atoms with Gasteiger partial charge in [-0.05, 0) is 40.3 Å². The molecule has 166 valence electrons. The number of hydrogen-bond acceptors (Lipinski definition) is 2. The zero-order valence-electron chi connectivity index (χ0n) is 18.3. The average Bonchev–Trinajstić information content (AvgIpc) is 2.82. The molecule has 0 saturated carbocycles. The SMILES string of the molecule is BCc1ccc(-c2ccc(-c3ccc(C4COC(CCC)OC4)c(F)c3)cc2)c(F)c1F. The summed E-state index contributed by atoms with van der Waals surface area (Å²) in [6, 6.07) is 15.4. The van der Waals surface area contributed by atoms with E-state index in [1.165, 1.54) is 6.07 Å². The van der Waals surface area contributed by atoms with E-state index in [1.807, 2.05) is 6.07 Å². The lowest BCUT2D eigenvalue weighted by molar-refractivity contribution is -0.190. The molecule has 0 aromatic heterocycles. The first-order chi connectivity index (χ1) is 15.5. The lowest BCUT2D eigenvalue weighted by Crippen LogP contribution is -2.31. The number of ether oxygens (including phenoxy) is 2. The second kappa shape index (κ2) is 9.93. The number of hydrogen-bond donors (Lipinski definition) is 0. The molecule has 0 unspecified atom stereocenters. The van der Waals surface area contributed by atoms with Gasteiger partial charge < -0.3 is 9.47 Å². The van der Waals surface area contributed by atoms with E-state index in [0.717, 1.165) is 18.4 Å². The predicted octanol–water partition coefficient (Wildman–Crippen LogP) is 5.83. The molecule has 2 nitrogen and oxygen atoms in total. The van der Waals surface area contributed by atoms with Gasteiger partial charge >= 0.3 is 0 Å². The van der Waals surface area contributed by atoms with Gasteiger partial charge in [0.05, 0.1) is 13.2 Å². The molecule has 3 aromatic carbocycles. The van der Waals surface area contributed by atoms with Gasteiger partial charge in [0.2, 0.25) is 0 Å². The van der Waals surface area contributed by atoms with Crippen LogP contribution in [0.5, 0.6) is 0 Å². The Morgan fingerprint density at radius 3 is 2.12 bits per heavy atom. The van der Waals surface area contributed by atoms with Crippen molar-refractivity contribution in [2.75, 3.05) is 13.2 Å². The molecule has 0 atom stereocenters. The van der Waals surface area contributed by atoms with E-state index in [0.29, 0.717) is 41.8 Å². The van der Waals surface area contributed by atoms with Crippen molar-refractivity contribution in [1.82, 2.24) is 0 Å². The monoisotopic (exact) mass is 438 g/mol. The van der Waals surface area contributed by atoms with Gasteiger partial charge in [-0.3, -0.25) is 0 Å². The van der Waals surface area contributed by atoms with Crippen LogP contribution in [0.1, 0.15) is 36.8 Å². The Hall–Kier alpha value is -2.57. The molecule has 1 heterocycles. The van der Waals surface area contributed by atoms with Crippen LogP contribution < -0.4 is 0 Å². The van der Waals surface area contributed by atoms with E-state index in [9.17, 15) is 13.2 Å². The van der Waals surface area contributed by atoms with E-state index in [4.69, 9.17) is 9.47 Å². The molecule has 0 radical (unpaired) electrons. The van der Waals surface area contributed by atoms with Crippen LogP contribution in [-0.2, 0) is 15.8 Å². The van der Waals surface area contributed by atoms with Gasteiger partial charge in [-0.2, -0.15) is 0 Å². The zero-order chi connectivity index (χ0) is 22.7. The number of rotatable bonds is 6. The van der Waals surface area contributed by atoms with Crippen molar-refractivity contribution in [3.63, 3.8) is 0 Å². The fourth-order valence-corrected chi connectivity index (χ4v) is 4.09. The smallest absolute Gasteiger partial charge is 0.166 e. The molecule has 0 N–H and O–H groups in total. The maximum atomic E-state index is 14.9. The van der Waals surface area contributed by atoms with Crippen molar-refractivity contribution in [1.29, 1.82) is 0 Å². The lowest BCUT2D eigenvalue weighted by atomic mass is 9.93. The predicted molar refractivity (Wildman–Crippen MR) is 123 cm³/mol. The van der Waals surface area contributed by atoms with E-state index >= 15 is 0 Å². The molecule has 6 heteroatoms. The van der Waals surface area contributed by atoms with Gasteiger partial charge in [-0.25, -0.2) is 13.2 Å². The van der Waals surface area contributed by atoms with Crippen LogP contribution in [-0.4, -0.2) is 27.4 Å². The summed E-state index contributed by atoms with van der Waals surface area (Å²) in [6.07, 6.45) is 2.04. The maximum absolute atomic E-state index is 14.9. The van der Waals surface area contributed by atoms with E-state index in [-0.39, 0.29) is 23.6 Å². The van der Waals surface area contributed by atoms with Gasteiger partial charge in [-0.15, -0.1) is 0 Å². The third-order valence-corrected chi connectivity index (χ3v) is 6.00. The van der Waals surface area contributed by atoms with Gasteiger partial charge in [0, 0.05) is 11.5 Å². The van der Waals surface area contributed by atoms with Crippen molar-refractivity contribution >= 4 is 7.85 Å². The Bertz CT molecular complexity index is 1080. The minimum atomic E-state index is -0.842. The molecule has 3 aromatic rings. The molecule has 0 spiro atoms. The molecule has 4 rings (SSSR count). The Morgan fingerprint density at radius 2 is 1.50 bits per heavy atom. The quantitative estimate of drug-likeness (QED) is 0.451. The molecule has 1 saturated heterocycles. The van der Waals surface area contributed by atoms with Crippen LogP contribution in [0.15, 0.2) is 54.6 Å².